The number of hydrogen-bond donors (Lipinski definition) is 0. The van der Waals surface area contributed by atoms with Crippen molar-refractivity contribution in [3.8, 4) is 0 Å². The van der Waals surface area contributed by atoms with Gasteiger partial charge in [-0.3, -0.25) is 0 Å². The molecule has 4 aromatic rings. The number of fused-ring (bicyclic) bond motifs is 1. The smallest absolute Gasteiger partial charge is 0.153 e. The number of piperidine rings is 1. The van der Waals surface area contributed by atoms with E-state index < -0.39 is 0 Å². The molecule has 2 aromatic carbocycles. The van der Waals surface area contributed by atoms with Crippen molar-refractivity contribution in [1.29, 1.82) is 0 Å². The monoisotopic (exact) mass is 413 g/mol. The van der Waals surface area contributed by atoms with E-state index in [0.717, 1.165) is 43.9 Å². The Morgan fingerprint density at radius 1 is 0.935 bits per heavy atom. The highest BCUT2D eigenvalue weighted by Gasteiger charge is 2.25. The molecule has 3 nitrogen and oxygen atoms in total. The number of rotatable bonds is 4. The molecule has 0 radical (unpaired) electrons. The van der Waals surface area contributed by atoms with Gasteiger partial charge in [0.2, 0.25) is 0 Å². The van der Waals surface area contributed by atoms with Gasteiger partial charge in [-0.1, -0.05) is 42.5 Å². The largest absolute Gasteiger partial charge is 0.355 e. The van der Waals surface area contributed by atoms with Crippen molar-refractivity contribution in [2.24, 2.45) is 0 Å². The summed E-state index contributed by atoms with van der Waals surface area (Å²) in [5, 5.41) is 1.26. The first kappa shape index (κ1) is 19.8. The van der Waals surface area contributed by atoms with E-state index in [1.54, 1.807) is 0 Å². The molecule has 0 saturated carbocycles. The van der Waals surface area contributed by atoms with Gasteiger partial charge in [0.1, 0.15) is 5.82 Å². The van der Waals surface area contributed by atoms with E-state index in [9.17, 15) is 4.39 Å². The van der Waals surface area contributed by atoms with Crippen molar-refractivity contribution in [2.45, 2.75) is 39.2 Å². The van der Waals surface area contributed by atoms with Crippen LogP contribution in [-0.4, -0.2) is 22.6 Å². The summed E-state index contributed by atoms with van der Waals surface area (Å²) in [6, 6.07) is 19.8. The van der Waals surface area contributed by atoms with Crippen LogP contribution >= 0.6 is 0 Å². The third-order valence-electron chi connectivity index (χ3n) is 6.85. The maximum Gasteiger partial charge on any atom is 0.153 e. The van der Waals surface area contributed by atoms with Crippen LogP contribution in [0.3, 0.4) is 0 Å². The van der Waals surface area contributed by atoms with Gasteiger partial charge in [-0.2, -0.15) is 0 Å². The Morgan fingerprint density at radius 3 is 2.35 bits per heavy atom. The third-order valence-corrected chi connectivity index (χ3v) is 6.85. The zero-order chi connectivity index (χ0) is 21.4. The first-order valence-corrected chi connectivity index (χ1v) is 11.1. The fourth-order valence-electron chi connectivity index (χ4n) is 4.93. The average Bonchev–Trinajstić information content (AvgIpc) is 3.06. The standard InChI is InChI=1S/C27H28FN3/c1-19-20(2)31(18-21-8-10-24(28)11-9-21)26-25(19)12-15-29-27(26)30-16-13-23(14-17-30)22-6-4-3-5-7-22/h3-12,15,23H,13-14,16-18H2,1-2H3. The van der Waals surface area contributed by atoms with Crippen molar-refractivity contribution in [3.63, 3.8) is 0 Å². The molecule has 158 valence electrons. The molecule has 0 aliphatic carbocycles. The third kappa shape index (κ3) is 3.71. The first-order chi connectivity index (χ1) is 15.1. The lowest BCUT2D eigenvalue weighted by molar-refractivity contribution is 0.503. The number of aromatic nitrogens is 2. The molecule has 5 rings (SSSR count). The van der Waals surface area contributed by atoms with Gasteiger partial charge in [0.05, 0.1) is 5.52 Å². The van der Waals surface area contributed by atoms with Crippen LogP contribution in [0.25, 0.3) is 10.9 Å². The van der Waals surface area contributed by atoms with E-state index in [2.05, 4.69) is 59.7 Å². The summed E-state index contributed by atoms with van der Waals surface area (Å²) >= 11 is 0. The van der Waals surface area contributed by atoms with E-state index in [1.807, 2.05) is 18.3 Å². The van der Waals surface area contributed by atoms with E-state index >= 15 is 0 Å². The summed E-state index contributed by atoms with van der Waals surface area (Å²) in [5.41, 5.74) is 6.27. The number of pyridine rings is 1. The normalized spacial score (nSPS) is 15.0. The van der Waals surface area contributed by atoms with Crippen molar-refractivity contribution in [1.82, 2.24) is 9.55 Å². The van der Waals surface area contributed by atoms with Gasteiger partial charge in [-0.05, 0) is 67.5 Å². The minimum atomic E-state index is -0.197. The lowest BCUT2D eigenvalue weighted by Crippen LogP contribution is -2.33. The molecule has 31 heavy (non-hydrogen) atoms. The van der Waals surface area contributed by atoms with E-state index in [-0.39, 0.29) is 5.82 Å². The van der Waals surface area contributed by atoms with Gasteiger partial charge in [0.25, 0.3) is 0 Å². The Morgan fingerprint density at radius 2 is 1.65 bits per heavy atom. The molecule has 0 amide bonds. The summed E-state index contributed by atoms with van der Waals surface area (Å²) in [4.78, 5) is 7.29. The quantitative estimate of drug-likeness (QED) is 0.396. The molecule has 1 fully saturated rings. The molecule has 2 aromatic heterocycles. The van der Waals surface area contributed by atoms with Crippen LogP contribution in [0.4, 0.5) is 10.2 Å². The lowest BCUT2D eigenvalue weighted by Gasteiger charge is -2.33. The van der Waals surface area contributed by atoms with E-state index in [4.69, 9.17) is 4.98 Å². The summed E-state index contributed by atoms with van der Waals surface area (Å²) < 4.78 is 15.8. The maximum absolute atomic E-state index is 13.4. The number of aryl methyl sites for hydroxylation is 1. The Labute approximate surface area is 183 Å². The van der Waals surface area contributed by atoms with Gasteiger partial charge < -0.3 is 9.47 Å². The van der Waals surface area contributed by atoms with Gasteiger partial charge >= 0.3 is 0 Å². The lowest BCUT2D eigenvalue weighted by atomic mass is 9.89. The van der Waals surface area contributed by atoms with Gasteiger partial charge in [-0.15, -0.1) is 0 Å². The molecule has 1 aliphatic rings. The minimum Gasteiger partial charge on any atom is -0.355 e. The number of benzene rings is 2. The second-order valence-electron chi connectivity index (χ2n) is 8.63. The maximum atomic E-state index is 13.4. The minimum absolute atomic E-state index is 0.197. The molecule has 0 spiro atoms. The molecule has 0 N–H and O–H groups in total. The topological polar surface area (TPSA) is 21.1 Å². The predicted molar refractivity (Wildman–Crippen MR) is 125 cm³/mol. The molecule has 3 heterocycles. The molecule has 1 saturated heterocycles. The van der Waals surface area contributed by atoms with Gasteiger partial charge in [0.15, 0.2) is 5.82 Å². The molecular formula is C27H28FN3. The summed E-state index contributed by atoms with van der Waals surface area (Å²) in [5.74, 6) is 1.49. The average molecular weight is 414 g/mol. The van der Waals surface area contributed by atoms with E-state index in [0.29, 0.717) is 5.92 Å². The van der Waals surface area contributed by atoms with Crippen molar-refractivity contribution >= 4 is 16.7 Å². The van der Waals surface area contributed by atoms with Crippen LogP contribution in [-0.2, 0) is 6.54 Å². The molecule has 4 heteroatoms. The Balaban J connectivity index is 1.48. The zero-order valence-electron chi connectivity index (χ0n) is 18.2. The van der Waals surface area contributed by atoms with Gasteiger partial charge in [0, 0.05) is 36.9 Å². The first-order valence-electron chi connectivity index (χ1n) is 11.1. The van der Waals surface area contributed by atoms with Crippen LogP contribution < -0.4 is 4.90 Å². The fraction of sp³-hybridized carbons (Fsp3) is 0.296. The highest BCUT2D eigenvalue weighted by Crippen LogP contribution is 2.35. The number of nitrogens with zero attached hydrogens (tertiary/aromatic N) is 3. The second kappa shape index (κ2) is 8.18. The highest BCUT2D eigenvalue weighted by atomic mass is 19.1. The molecule has 0 atom stereocenters. The highest BCUT2D eigenvalue weighted by molar-refractivity contribution is 5.93. The van der Waals surface area contributed by atoms with Crippen LogP contribution in [0.1, 0.15) is 41.1 Å². The van der Waals surface area contributed by atoms with Crippen LogP contribution in [0.15, 0.2) is 66.9 Å². The SMILES string of the molecule is Cc1c(C)n(Cc2ccc(F)cc2)c2c(N3CCC(c4ccccc4)CC3)nccc12. The van der Waals surface area contributed by atoms with Crippen molar-refractivity contribution in [2.75, 3.05) is 18.0 Å². The summed E-state index contributed by atoms with van der Waals surface area (Å²) in [6.07, 6.45) is 4.22. The van der Waals surface area contributed by atoms with Crippen molar-refractivity contribution in [3.05, 3.63) is 95.1 Å². The Bertz CT molecular complexity index is 1190. The Hall–Kier alpha value is -3.14. The van der Waals surface area contributed by atoms with Crippen LogP contribution in [0, 0.1) is 19.7 Å². The summed E-state index contributed by atoms with van der Waals surface area (Å²) in [7, 11) is 0. The molecular weight excluding hydrogens is 385 g/mol. The summed E-state index contributed by atoms with van der Waals surface area (Å²) in [6.45, 7) is 7.08. The zero-order valence-corrected chi connectivity index (χ0v) is 18.2. The predicted octanol–water partition coefficient (Wildman–Crippen LogP) is 6.22. The Kier molecular flexibility index (Phi) is 5.23. The molecule has 1 aliphatic heterocycles. The number of halogens is 1. The van der Waals surface area contributed by atoms with Gasteiger partial charge in [-0.25, -0.2) is 9.37 Å². The van der Waals surface area contributed by atoms with Crippen LogP contribution in [0.5, 0.6) is 0 Å². The number of anilines is 1. The fourth-order valence-corrected chi connectivity index (χ4v) is 4.93. The van der Waals surface area contributed by atoms with E-state index in [1.165, 1.54) is 39.9 Å². The van der Waals surface area contributed by atoms with Crippen molar-refractivity contribution < 1.29 is 4.39 Å². The second-order valence-corrected chi connectivity index (χ2v) is 8.63. The van der Waals surface area contributed by atoms with Crippen LogP contribution in [0.2, 0.25) is 0 Å². The molecule has 0 unspecified atom stereocenters. The molecule has 0 bridgehead atoms. The number of hydrogen-bond acceptors (Lipinski definition) is 2.